The Labute approximate surface area is 170 Å². The molecule has 4 heterocycles. The van der Waals surface area contributed by atoms with Gasteiger partial charge in [-0.15, -0.1) is 0 Å². The van der Waals surface area contributed by atoms with Crippen molar-refractivity contribution in [3.05, 3.63) is 53.9 Å². The van der Waals surface area contributed by atoms with E-state index in [-0.39, 0.29) is 12.1 Å². The van der Waals surface area contributed by atoms with E-state index in [9.17, 15) is 18.7 Å². The van der Waals surface area contributed by atoms with Gasteiger partial charge < -0.3 is 20.2 Å². The number of β-amino-alcohol motifs (C(OH)–C–C–N with tert-alkyl or cyclic N) is 1. The maximum absolute atomic E-state index is 14.4. The lowest BCUT2D eigenvalue weighted by atomic mass is 10.0. The minimum absolute atomic E-state index is 0.290. The fraction of sp³-hybridized carbons (Fsp3) is 0.350. The van der Waals surface area contributed by atoms with Gasteiger partial charge in [0.1, 0.15) is 23.1 Å². The number of benzene rings is 1. The first-order valence-electron chi connectivity index (χ1n) is 9.79. The molecule has 2 saturated heterocycles. The molecular weight excluding hydrogens is 394 g/mol. The zero-order chi connectivity index (χ0) is 20.8. The molecule has 2 aliphatic rings. The summed E-state index contributed by atoms with van der Waals surface area (Å²) >= 11 is 0. The second-order valence-corrected chi connectivity index (χ2v) is 7.62. The van der Waals surface area contributed by atoms with Gasteiger partial charge in [-0.1, -0.05) is 0 Å². The molecule has 30 heavy (non-hydrogen) atoms. The Morgan fingerprint density at radius 3 is 2.87 bits per heavy atom. The molecule has 156 valence electrons. The fourth-order valence-corrected chi connectivity index (χ4v) is 4.06. The van der Waals surface area contributed by atoms with Gasteiger partial charge >= 0.3 is 6.03 Å². The van der Waals surface area contributed by atoms with E-state index in [4.69, 9.17) is 0 Å². The van der Waals surface area contributed by atoms with Gasteiger partial charge in [-0.25, -0.2) is 23.1 Å². The lowest BCUT2D eigenvalue weighted by Gasteiger charge is -2.35. The predicted molar refractivity (Wildman–Crippen MR) is 105 cm³/mol. The molecule has 1 unspecified atom stereocenters. The van der Waals surface area contributed by atoms with Gasteiger partial charge in [0.05, 0.1) is 31.4 Å². The Hall–Kier alpha value is -3.27. The van der Waals surface area contributed by atoms with Crippen LogP contribution in [0.1, 0.15) is 24.4 Å². The zero-order valence-corrected chi connectivity index (χ0v) is 16.0. The Balaban J connectivity index is 1.44. The van der Waals surface area contributed by atoms with E-state index in [0.717, 1.165) is 18.6 Å². The number of nitrogens with one attached hydrogen (secondary N) is 1. The molecule has 2 aromatic heterocycles. The van der Waals surface area contributed by atoms with Gasteiger partial charge in [-0.05, 0) is 37.1 Å². The van der Waals surface area contributed by atoms with Crippen molar-refractivity contribution in [2.75, 3.05) is 29.9 Å². The molecular formula is C20H20F2N6O2. The van der Waals surface area contributed by atoms with Gasteiger partial charge in [-0.3, -0.25) is 0 Å². The van der Waals surface area contributed by atoms with Crippen molar-refractivity contribution in [2.24, 2.45) is 0 Å². The molecule has 2 aliphatic heterocycles. The molecule has 10 heteroatoms. The number of aliphatic hydroxyl groups excluding tert-OH is 1. The maximum Gasteiger partial charge on any atom is 0.322 e. The SMILES string of the molecule is O=C(Nc1cnn2ccc(N3CCCC3c3cc(F)ccc3F)nc12)N1CC(O)C1. The van der Waals surface area contributed by atoms with Crippen LogP contribution in [0.3, 0.4) is 0 Å². The molecule has 0 bridgehead atoms. The number of aliphatic hydroxyl groups is 1. The molecule has 3 aromatic rings. The number of carbonyl (C=O) groups excluding carboxylic acids is 1. The summed E-state index contributed by atoms with van der Waals surface area (Å²) in [7, 11) is 0. The maximum atomic E-state index is 14.4. The summed E-state index contributed by atoms with van der Waals surface area (Å²) in [6, 6.07) is 4.62. The number of aromatic nitrogens is 3. The molecule has 0 aliphatic carbocycles. The molecule has 0 spiro atoms. The van der Waals surface area contributed by atoms with E-state index < -0.39 is 17.7 Å². The number of nitrogens with zero attached hydrogens (tertiary/aromatic N) is 5. The average molecular weight is 414 g/mol. The predicted octanol–water partition coefficient (Wildman–Crippen LogP) is 2.56. The fourth-order valence-electron chi connectivity index (χ4n) is 4.06. The molecule has 8 nitrogen and oxygen atoms in total. The van der Waals surface area contributed by atoms with Crippen LogP contribution < -0.4 is 10.2 Å². The number of carbonyl (C=O) groups is 1. The third-order valence-electron chi connectivity index (χ3n) is 5.61. The Morgan fingerprint density at radius 2 is 2.07 bits per heavy atom. The number of amides is 2. The summed E-state index contributed by atoms with van der Waals surface area (Å²) in [5.74, 6) is -0.314. The van der Waals surface area contributed by atoms with Crippen LogP contribution >= 0.6 is 0 Å². The third kappa shape index (κ3) is 3.22. The van der Waals surface area contributed by atoms with Crippen LogP contribution in [0.25, 0.3) is 5.65 Å². The van der Waals surface area contributed by atoms with Crippen LogP contribution in [0, 0.1) is 11.6 Å². The van der Waals surface area contributed by atoms with Gasteiger partial charge in [0.2, 0.25) is 0 Å². The Kier molecular flexibility index (Phi) is 4.50. The highest BCUT2D eigenvalue weighted by Crippen LogP contribution is 2.37. The summed E-state index contributed by atoms with van der Waals surface area (Å²) in [6.45, 7) is 1.24. The Morgan fingerprint density at radius 1 is 1.23 bits per heavy atom. The first kappa shape index (κ1) is 18.7. The molecule has 0 saturated carbocycles. The second-order valence-electron chi connectivity index (χ2n) is 7.62. The molecule has 2 amide bonds. The first-order chi connectivity index (χ1) is 14.5. The van der Waals surface area contributed by atoms with Crippen LogP contribution in [0.2, 0.25) is 0 Å². The molecule has 0 radical (unpaired) electrons. The third-order valence-corrected chi connectivity index (χ3v) is 5.61. The van der Waals surface area contributed by atoms with Crippen molar-refractivity contribution in [3.63, 3.8) is 0 Å². The van der Waals surface area contributed by atoms with Crippen LogP contribution in [0.5, 0.6) is 0 Å². The number of halogens is 2. The molecule has 1 atom stereocenters. The number of hydrogen-bond donors (Lipinski definition) is 2. The van der Waals surface area contributed by atoms with E-state index >= 15 is 0 Å². The summed E-state index contributed by atoms with van der Waals surface area (Å²) in [6.07, 6.45) is 4.26. The monoisotopic (exact) mass is 414 g/mol. The summed E-state index contributed by atoms with van der Waals surface area (Å²) in [5.41, 5.74) is 1.20. The van der Waals surface area contributed by atoms with Crippen molar-refractivity contribution in [1.29, 1.82) is 0 Å². The van der Waals surface area contributed by atoms with Gasteiger partial charge in [-0.2, -0.15) is 5.10 Å². The summed E-state index contributed by atoms with van der Waals surface area (Å²) in [5, 5.41) is 16.3. The number of fused-ring (bicyclic) bond motifs is 1. The number of rotatable bonds is 3. The molecule has 2 fully saturated rings. The van der Waals surface area contributed by atoms with Crippen LogP contribution in [-0.2, 0) is 0 Å². The highest BCUT2D eigenvalue weighted by molar-refractivity contribution is 5.93. The quantitative estimate of drug-likeness (QED) is 0.688. The minimum atomic E-state index is -0.486. The van der Waals surface area contributed by atoms with E-state index in [1.54, 1.807) is 12.3 Å². The highest BCUT2D eigenvalue weighted by Gasteiger charge is 2.31. The van der Waals surface area contributed by atoms with E-state index in [2.05, 4.69) is 15.4 Å². The largest absolute Gasteiger partial charge is 0.389 e. The van der Waals surface area contributed by atoms with Crippen molar-refractivity contribution >= 4 is 23.2 Å². The molecule has 1 aromatic carbocycles. The second kappa shape index (κ2) is 7.21. The van der Waals surface area contributed by atoms with Gasteiger partial charge in [0.15, 0.2) is 5.65 Å². The molecule has 2 N–H and O–H groups in total. The standard InChI is InChI=1S/C20H20F2N6O2/c21-12-3-4-15(22)14(8-12)17-2-1-6-27(17)18-5-7-28-19(25-18)16(9-23-28)24-20(30)26-10-13(29)11-26/h3-5,7-9,13,17,29H,1-2,6,10-11H2,(H,24,30). The molecule has 5 rings (SSSR count). The van der Waals surface area contributed by atoms with Crippen molar-refractivity contribution < 1.29 is 18.7 Å². The van der Waals surface area contributed by atoms with Gasteiger partial charge in [0, 0.05) is 18.3 Å². The smallest absolute Gasteiger partial charge is 0.322 e. The summed E-state index contributed by atoms with van der Waals surface area (Å²) < 4.78 is 29.6. The average Bonchev–Trinajstić information content (AvgIpc) is 3.34. The van der Waals surface area contributed by atoms with Crippen LogP contribution in [-0.4, -0.2) is 56.4 Å². The number of urea groups is 1. The number of anilines is 2. The number of likely N-dealkylation sites (tertiary alicyclic amines) is 1. The van der Waals surface area contributed by atoms with Crippen molar-refractivity contribution in [1.82, 2.24) is 19.5 Å². The van der Waals surface area contributed by atoms with Crippen LogP contribution in [0.15, 0.2) is 36.7 Å². The van der Waals surface area contributed by atoms with E-state index in [1.807, 2.05) is 4.90 Å². The minimum Gasteiger partial charge on any atom is -0.389 e. The normalized spacial score (nSPS) is 19.4. The number of hydrogen-bond acceptors (Lipinski definition) is 5. The zero-order valence-electron chi connectivity index (χ0n) is 16.0. The van der Waals surface area contributed by atoms with Crippen molar-refractivity contribution in [2.45, 2.75) is 25.0 Å². The summed E-state index contributed by atoms with van der Waals surface area (Å²) in [4.78, 5) is 20.4. The highest BCUT2D eigenvalue weighted by atomic mass is 19.1. The lowest BCUT2D eigenvalue weighted by Crippen LogP contribution is -2.54. The van der Waals surface area contributed by atoms with Gasteiger partial charge in [0.25, 0.3) is 0 Å². The van der Waals surface area contributed by atoms with Crippen LogP contribution in [0.4, 0.5) is 25.1 Å². The van der Waals surface area contributed by atoms with Crippen molar-refractivity contribution in [3.8, 4) is 0 Å². The topological polar surface area (TPSA) is 86.0 Å². The van der Waals surface area contributed by atoms with E-state index in [0.29, 0.717) is 48.8 Å². The first-order valence-corrected chi connectivity index (χ1v) is 9.79. The Bertz CT molecular complexity index is 1110. The lowest BCUT2D eigenvalue weighted by molar-refractivity contribution is 0.0309. The van der Waals surface area contributed by atoms with E-state index in [1.165, 1.54) is 21.7 Å².